The summed E-state index contributed by atoms with van der Waals surface area (Å²) >= 11 is 0. The van der Waals surface area contributed by atoms with E-state index in [1.807, 2.05) is 24.3 Å². The first kappa shape index (κ1) is 12.6. The van der Waals surface area contributed by atoms with Crippen LogP contribution in [0.5, 0.6) is 0 Å². The van der Waals surface area contributed by atoms with Crippen LogP contribution in [-0.2, 0) is 0 Å². The standard InChI is InChI=1S/C14H20N2/c1-11(2)14(3,4)10-16-13-7-5-12(9-15)6-8-13/h5-8,11,16H,10H2,1-4H3. The summed E-state index contributed by atoms with van der Waals surface area (Å²) in [4.78, 5) is 0. The molecule has 0 radical (unpaired) electrons. The quantitative estimate of drug-likeness (QED) is 0.833. The van der Waals surface area contributed by atoms with Crippen molar-refractivity contribution in [2.75, 3.05) is 11.9 Å². The highest BCUT2D eigenvalue weighted by Gasteiger charge is 2.21. The molecule has 0 aliphatic carbocycles. The Bertz CT molecular complexity index is 369. The summed E-state index contributed by atoms with van der Waals surface area (Å²) in [6.45, 7) is 9.93. The molecule has 0 saturated heterocycles. The first-order valence-corrected chi connectivity index (χ1v) is 5.70. The van der Waals surface area contributed by atoms with E-state index in [1.54, 1.807) is 0 Å². The highest BCUT2D eigenvalue weighted by molar-refractivity contribution is 5.47. The van der Waals surface area contributed by atoms with Crippen molar-refractivity contribution in [3.8, 4) is 6.07 Å². The number of nitrogens with zero attached hydrogens (tertiary/aromatic N) is 1. The minimum Gasteiger partial charge on any atom is -0.384 e. The van der Waals surface area contributed by atoms with Crippen LogP contribution in [0.2, 0.25) is 0 Å². The average Bonchev–Trinajstić information content (AvgIpc) is 2.27. The van der Waals surface area contributed by atoms with Crippen molar-refractivity contribution >= 4 is 5.69 Å². The van der Waals surface area contributed by atoms with Crippen LogP contribution < -0.4 is 5.32 Å². The molecule has 0 atom stereocenters. The van der Waals surface area contributed by atoms with Crippen LogP contribution in [0, 0.1) is 22.7 Å². The summed E-state index contributed by atoms with van der Waals surface area (Å²) < 4.78 is 0. The lowest BCUT2D eigenvalue weighted by Crippen LogP contribution is -2.28. The van der Waals surface area contributed by atoms with Gasteiger partial charge in [-0.15, -0.1) is 0 Å². The largest absolute Gasteiger partial charge is 0.384 e. The van der Waals surface area contributed by atoms with E-state index in [2.05, 4.69) is 39.1 Å². The Hall–Kier alpha value is -1.49. The van der Waals surface area contributed by atoms with Crippen molar-refractivity contribution in [3.05, 3.63) is 29.8 Å². The Labute approximate surface area is 98.3 Å². The third-order valence-corrected chi connectivity index (χ3v) is 3.33. The molecule has 1 aromatic carbocycles. The molecule has 2 heteroatoms. The van der Waals surface area contributed by atoms with E-state index in [4.69, 9.17) is 5.26 Å². The minimum atomic E-state index is 0.272. The molecule has 16 heavy (non-hydrogen) atoms. The first-order chi connectivity index (χ1) is 7.45. The van der Waals surface area contributed by atoms with Gasteiger partial charge in [0, 0.05) is 12.2 Å². The van der Waals surface area contributed by atoms with Gasteiger partial charge in [0.15, 0.2) is 0 Å². The SMILES string of the molecule is CC(C)C(C)(C)CNc1ccc(C#N)cc1. The van der Waals surface area contributed by atoms with E-state index in [-0.39, 0.29) is 5.41 Å². The van der Waals surface area contributed by atoms with Gasteiger partial charge in [-0.05, 0) is 35.6 Å². The topological polar surface area (TPSA) is 35.8 Å². The zero-order valence-corrected chi connectivity index (χ0v) is 10.5. The van der Waals surface area contributed by atoms with Crippen LogP contribution in [-0.4, -0.2) is 6.54 Å². The van der Waals surface area contributed by atoms with Gasteiger partial charge in [0.05, 0.1) is 11.6 Å². The van der Waals surface area contributed by atoms with E-state index in [0.29, 0.717) is 11.5 Å². The highest BCUT2D eigenvalue weighted by Crippen LogP contribution is 2.26. The van der Waals surface area contributed by atoms with Gasteiger partial charge in [-0.1, -0.05) is 27.7 Å². The van der Waals surface area contributed by atoms with Gasteiger partial charge in [-0.3, -0.25) is 0 Å². The Balaban J connectivity index is 2.59. The lowest BCUT2D eigenvalue weighted by atomic mass is 9.81. The van der Waals surface area contributed by atoms with Crippen molar-refractivity contribution < 1.29 is 0 Å². The fourth-order valence-electron chi connectivity index (χ4n) is 1.20. The summed E-state index contributed by atoms with van der Waals surface area (Å²) in [5.41, 5.74) is 2.05. The summed E-state index contributed by atoms with van der Waals surface area (Å²) in [5, 5.41) is 12.1. The number of hydrogen-bond acceptors (Lipinski definition) is 2. The molecule has 0 fully saturated rings. The normalized spacial score (nSPS) is 11.2. The van der Waals surface area contributed by atoms with Gasteiger partial charge >= 0.3 is 0 Å². The molecular formula is C14H20N2. The maximum Gasteiger partial charge on any atom is 0.0991 e. The molecule has 2 nitrogen and oxygen atoms in total. The smallest absolute Gasteiger partial charge is 0.0991 e. The molecule has 0 heterocycles. The van der Waals surface area contributed by atoms with Crippen molar-refractivity contribution in [1.82, 2.24) is 0 Å². The number of nitriles is 1. The Morgan fingerprint density at radius 1 is 1.25 bits per heavy atom. The van der Waals surface area contributed by atoms with Gasteiger partial charge in [-0.25, -0.2) is 0 Å². The highest BCUT2D eigenvalue weighted by atomic mass is 14.9. The van der Waals surface area contributed by atoms with Crippen molar-refractivity contribution in [2.24, 2.45) is 11.3 Å². The number of hydrogen-bond donors (Lipinski definition) is 1. The average molecular weight is 216 g/mol. The van der Waals surface area contributed by atoms with E-state index in [0.717, 1.165) is 12.2 Å². The third kappa shape index (κ3) is 3.27. The van der Waals surface area contributed by atoms with Gasteiger partial charge in [0.1, 0.15) is 0 Å². The molecular weight excluding hydrogens is 196 g/mol. The van der Waals surface area contributed by atoms with Crippen LogP contribution in [0.3, 0.4) is 0 Å². The predicted octanol–water partition coefficient (Wildman–Crippen LogP) is 3.65. The van der Waals surface area contributed by atoms with E-state index in [9.17, 15) is 0 Å². The second-order valence-electron chi connectivity index (χ2n) is 5.19. The fourth-order valence-corrected chi connectivity index (χ4v) is 1.20. The van der Waals surface area contributed by atoms with Crippen molar-refractivity contribution in [2.45, 2.75) is 27.7 Å². The molecule has 1 aromatic rings. The molecule has 0 saturated carbocycles. The monoisotopic (exact) mass is 216 g/mol. The number of benzene rings is 1. The number of rotatable bonds is 4. The van der Waals surface area contributed by atoms with Gasteiger partial charge in [-0.2, -0.15) is 5.26 Å². The maximum atomic E-state index is 8.69. The van der Waals surface area contributed by atoms with Crippen LogP contribution >= 0.6 is 0 Å². The lowest BCUT2D eigenvalue weighted by Gasteiger charge is -2.29. The zero-order chi connectivity index (χ0) is 12.2. The van der Waals surface area contributed by atoms with Gasteiger partial charge in [0.2, 0.25) is 0 Å². The summed E-state index contributed by atoms with van der Waals surface area (Å²) in [5.74, 6) is 0.637. The molecule has 86 valence electrons. The minimum absolute atomic E-state index is 0.272. The Morgan fingerprint density at radius 3 is 2.25 bits per heavy atom. The second-order valence-corrected chi connectivity index (χ2v) is 5.19. The van der Waals surface area contributed by atoms with Crippen molar-refractivity contribution in [3.63, 3.8) is 0 Å². The summed E-state index contributed by atoms with van der Waals surface area (Å²) in [7, 11) is 0. The maximum absolute atomic E-state index is 8.69. The molecule has 0 spiro atoms. The lowest BCUT2D eigenvalue weighted by molar-refractivity contribution is 0.269. The van der Waals surface area contributed by atoms with E-state index in [1.165, 1.54) is 0 Å². The number of anilines is 1. The third-order valence-electron chi connectivity index (χ3n) is 3.33. The second kappa shape index (κ2) is 5.03. The summed E-state index contributed by atoms with van der Waals surface area (Å²) in [6, 6.07) is 9.70. The number of nitrogens with one attached hydrogen (secondary N) is 1. The molecule has 1 rings (SSSR count). The molecule has 0 unspecified atom stereocenters. The molecule has 0 amide bonds. The van der Waals surface area contributed by atoms with Crippen LogP contribution in [0.15, 0.2) is 24.3 Å². The fraction of sp³-hybridized carbons (Fsp3) is 0.500. The van der Waals surface area contributed by atoms with E-state index < -0.39 is 0 Å². The van der Waals surface area contributed by atoms with Gasteiger partial charge < -0.3 is 5.32 Å². The first-order valence-electron chi connectivity index (χ1n) is 5.70. The predicted molar refractivity (Wildman–Crippen MR) is 68.3 cm³/mol. The van der Waals surface area contributed by atoms with E-state index >= 15 is 0 Å². The van der Waals surface area contributed by atoms with Gasteiger partial charge in [0.25, 0.3) is 0 Å². The van der Waals surface area contributed by atoms with Crippen LogP contribution in [0.4, 0.5) is 5.69 Å². The zero-order valence-electron chi connectivity index (χ0n) is 10.5. The van der Waals surface area contributed by atoms with Crippen LogP contribution in [0.1, 0.15) is 33.3 Å². The molecule has 0 aliphatic rings. The van der Waals surface area contributed by atoms with Crippen LogP contribution in [0.25, 0.3) is 0 Å². The molecule has 0 aliphatic heterocycles. The van der Waals surface area contributed by atoms with Crippen molar-refractivity contribution in [1.29, 1.82) is 5.26 Å². The Morgan fingerprint density at radius 2 is 1.81 bits per heavy atom. The molecule has 1 N–H and O–H groups in total. The molecule has 0 bridgehead atoms. The Kier molecular flexibility index (Phi) is 3.95. The molecule has 0 aromatic heterocycles. The summed E-state index contributed by atoms with van der Waals surface area (Å²) in [6.07, 6.45) is 0.